The number of ether oxygens (including phenoxy) is 1. The monoisotopic (exact) mass is 304 g/mol. The lowest BCUT2D eigenvalue weighted by Gasteiger charge is -2.20. The third-order valence-electron chi connectivity index (χ3n) is 5.08. The number of fused-ring (bicyclic) bond motifs is 1. The number of allylic oxidation sites excluding steroid dienone is 5. The number of rotatable bonds is 1. The summed E-state index contributed by atoms with van der Waals surface area (Å²) in [5, 5.41) is 10.7. The van der Waals surface area contributed by atoms with E-state index in [0.717, 1.165) is 31.3 Å². The highest BCUT2D eigenvalue weighted by molar-refractivity contribution is 5.23. The van der Waals surface area contributed by atoms with Crippen molar-refractivity contribution in [2.45, 2.75) is 84.5 Å². The third kappa shape index (κ3) is 4.57. The number of epoxide rings is 1. The van der Waals surface area contributed by atoms with Crippen LogP contribution >= 0.6 is 0 Å². The maximum absolute atomic E-state index is 10.7. The fraction of sp³-hybridized carbons (Fsp3) is 0.700. The average molecular weight is 304 g/mol. The molecule has 0 bridgehead atoms. The molecule has 0 radical (unpaired) electrons. The zero-order chi connectivity index (χ0) is 16.3. The van der Waals surface area contributed by atoms with Gasteiger partial charge < -0.3 is 9.84 Å². The van der Waals surface area contributed by atoms with E-state index in [2.05, 4.69) is 52.8 Å². The predicted molar refractivity (Wildman–Crippen MR) is 92.8 cm³/mol. The highest BCUT2D eigenvalue weighted by atomic mass is 16.6. The fourth-order valence-electron chi connectivity index (χ4n) is 3.35. The Hall–Kier alpha value is -0.860. The van der Waals surface area contributed by atoms with Crippen LogP contribution < -0.4 is 0 Å². The van der Waals surface area contributed by atoms with Crippen molar-refractivity contribution in [3.05, 3.63) is 34.9 Å². The second-order valence-electron chi connectivity index (χ2n) is 7.60. The molecule has 1 N–H and O–H groups in total. The highest BCUT2D eigenvalue weighted by Gasteiger charge is 2.52. The maximum atomic E-state index is 10.7. The summed E-state index contributed by atoms with van der Waals surface area (Å²) in [5.74, 6) is 0.356. The minimum Gasteiger partial charge on any atom is -0.389 e. The van der Waals surface area contributed by atoms with Crippen molar-refractivity contribution in [1.82, 2.24) is 0 Å². The minimum atomic E-state index is -0.404. The molecule has 0 aromatic rings. The van der Waals surface area contributed by atoms with Crippen LogP contribution in [-0.2, 0) is 4.74 Å². The van der Waals surface area contributed by atoms with Gasteiger partial charge in [0, 0.05) is 6.42 Å². The second-order valence-corrected chi connectivity index (χ2v) is 7.60. The molecule has 1 fully saturated rings. The van der Waals surface area contributed by atoms with Crippen LogP contribution in [0, 0.1) is 5.92 Å². The van der Waals surface area contributed by atoms with Gasteiger partial charge in [-0.3, -0.25) is 0 Å². The molecule has 1 heterocycles. The van der Waals surface area contributed by atoms with E-state index >= 15 is 0 Å². The van der Waals surface area contributed by atoms with Crippen LogP contribution in [0.3, 0.4) is 0 Å². The molecule has 22 heavy (non-hydrogen) atoms. The molecule has 2 aliphatic rings. The Kier molecular flexibility index (Phi) is 5.68. The van der Waals surface area contributed by atoms with E-state index in [1.165, 1.54) is 11.1 Å². The molecule has 0 spiro atoms. The van der Waals surface area contributed by atoms with E-state index in [9.17, 15) is 5.11 Å². The maximum Gasteiger partial charge on any atom is 0.0948 e. The Morgan fingerprint density at radius 3 is 2.59 bits per heavy atom. The van der Waals surface area contributed by atoms with Crippen molar-refractivity contribution in [1.29, 1.82) is 0 Å². The summed E-state index contributed by atoms with van der Waals surface area (Å²) in [5.41, 5.74) is 3.81. The van der Waals surface area contributed by atoms with Crippen LogP contribution in [0.15, 0.2) is 34.9 Å². The first-order valence-corrected chi connectivity index (χ1v) is 8.70. The van der Waals surface area contributed by atoms with Crippen LogP contribution in [0.25, 0.3) is 0 Å². The van der Waals surface area contributed by atoms with Crippen molar-refractivity contribution in [2.75, 3.05) is 0 Å². The van der Waals surface area contributed by atoms with Gasteiger partial charge in [-0.1, -0.05) is 43.2 Å². The van der Waals surface area contributed by atoms with Gasteiger partial charge in [-0.2, -0.15) is 0 Å². The summed E-state index contributed by atoms with van der Waals surface area (Å²) in [6.45, 7) is 10.8. The lowest BCUT2D eigenvalue weighted by atomic mass is 9.88. The molecule has 0 aromatic carbocycles. The van der Waals surface area contributed by atoms with E-state index in [4.69, 9.17) is 4.74 Å². The van der Waals surface area contributed by atoms with Crippen molar-refractivity contribution >= 4 is 0 Å². The molecule has 1 aliphatic carbocycles. The first-order valence-electron chi connectivity index (χ1n) is 8.70. The molecule has 124 valence electrons. The Morgan fingerprint density at radius 1 is 1.18 bits per heavy atom. The molecule has 0 aromatic heterocycles. The Labute approximate surface area is 136 Å². The van der Waals surface area contributed by atoms with Gasteiger partial charge in [0.1, 0.15) is 0 Å². The zero-order valence-electron chi connectivity index (χ0n) is 14.9. The third-order valence-corrected chi connectivity index (χ3v) is 5.08. The van der Waals surface area contributed by atoms with E-state index < -0.39 is 6.10 Å². The smallest absolute Gasteiger partial charge is 0.0948 e. The normalized spacial score (nSPS) is 36.6. The Balaban J connectivity index is 2.21. The van der Waals surface area contributed by atoms with E-state index in [-0.39, 0.29) is 5.60 Å². The lowest BCUT2D eigenvalue weighted by Crippen LogP contribution is -2.24. The molecule has 1 saturated heterocycles. The van der Waals surface area contributed by atoms with Crippen LogP contribution in [0.1, 0.15) is 66.7 Å². The van der Waals surface area contributed by atoms with Gasteiger partial charge in [-0.15, -0.1) is 0 Å². The van der Waals surface area contributed by atoms with Gasteiger partial charge in [0.25, 0.3) is 0 Å². The van der Waals surface area contributed by atoms with E-state index in [1.54, 1.807) is 0 Å². The fourth-order valence-corrected chi connectivity index (χ4v) is 3.35. The van der Waals surface area contributed by atoms with Crippen LogP contribution in [-0.4, -0.2) is 22.9 Å². The summed E-state index contributed by atoms with van der Waals surface area (Å²) < 4.78 is 5.92. The van der Waals surface area contributed by atoms with E-state index in [1.807, 2.05) is 0 Å². The standard InChI is InChI=1S/C20H32O2/c1-14(2)17-11-9-15(3)7-6-8-16(4)10-12-19-20(5,22-19)13-18(17)21/h8-9,11,14,18-19,21H,6-7,10,12-13H2,1-5H3/b15-9?,16-8+,17-11?/t18-,19-,20-/m0/s1. The lowest BCUT2D eigenvalue weighted by molar-refractivity contribution is 0.151. The topological polar surface area (TPSA) is 32.8 Å². The minimum absolute atomic E-state index is 0.142. The highest BCUT2D eigenvalue weighted by Crippen LogP contribution is 2.44. The number of aliphatic hydroxyl groups excluding tert-OH is 1. The first kappa shape index (κ1) is 17.5. The van der Waals surface area contributed by atoms with Gasteiger partial charge in [0.15, 0.2) is 0 Å². The van der Waals surface area contributed by atoms with Gasteiger partial charge in [-0.05, 0) is 57.9 Å². The van der Waals surface area contributed by atoms with Gasteiger partial charge in [0.2, 0.25) is 0 Å². The van der Waals surface area contributed by atoms with Crippen LogP contribution in [0.4, 0.5) is 0 Å². The van der Waals surface area contributed by atoms with Gasteiger partial charge in [0.05, 0.1) is 17.8 Å². The molecule has 2 heteroatoms. The molecule has 0 amide bonds. The molecular weight excluding hydrogens is 272 g/mol. The summed E-state index contributed by atoms with van der Waals surface area (Å²) >= 11 is 0. The van der Waals surface area contributed by atoms with Crippen molar-refractivity contribution in [3.8, 4) is 0 Å². The van der Waals surface area contributed by atoms with Gasteiger partial charge in [-0.25, -0.2) is 0 Å². The van der Waals surface area contributed by atoms with Gasteiger partial charge >= 0.3 is 0 Å². The molecule has 3 atom stereocenters. The molecular formula is C20H32O2. The molecule has 0 unspecified atom stereocenters. The summed E-state index contributed by atoms with van der Waals surface area (Å²) in [7, 11) is 0. The Bertz CT molecular complexity index is 484. The molecule has 2 nitrogen and oxygen atoms in total. The molecule has 0 saturated carbocycles. The van der Waals surface area contributed by atoms with Crippen molar-refractivity contribution in [3.63, 3.8) is 0 Å². The average Bonchev–Trinajstić information content (AvgIpc) is 3.05. The molecule has 2 rings (SSSR count). The number of hydrogen-bond acceptors (Lipinski definition) is 2. The quantitative estimate of drug-likeness (QED) is 0.549. The Morgan fingerprint density at radius 2 is 1.91 bits per heavy atom. The second kappa shape index (κ2) is 7.14. The zero-order valence-corrected chi connectivity index (χ0v) is 14.9. The van der Waals surface area contributed by atoms with Crippen LogP contribution in [0.2, 0.25) is 0 Å². The summed E-state index contributed by atoms with van der Waals surface area (Å²) in [4.78, 5) is 0. The summed E-state index contributed by atoms with van der Waals surface area (Å²) in [6.07, 6.45) is 11.7. The van der Waals surface area contributed by atoms with Crippen LogP contribution in [0.5, 0.6) is 0 Å². The van der Waals surface area contributed by atoms with E-state index in [0.29, 0.717) is 18.4 Å². The van der Waals surface area contributed by atoms with Crippen molar-refractivity contribution in [2.24, 2.45) is 5.92 Å². The largest absolute Gasteiger partial charge is 0.389 e. The first-order chi connectivity index (χ1) is 10.3. The molecule has 1 aliphatic heterocycles. The summed E-state index contributed by atoms with van der Waals surface area (Å²) in [6, 6.07) is 0. The number of hydrogen-bond donors (Lipinski definition) is 1. The number of aliphatic hydroxyl groups is 1. The van der Waals surface area contributed by atoms with Crippen molar-refractivity contribution < 1.29 is 9.84 Å². The predicted octanol–water partition coefficient (Wildman–Crippen LogP) is 4.94. The SMILES string of the molecule is CC1=CC=C(C(C)C)[C@@H](O)C[C@]2(C)O[C@H]2CC/C(C)=C/CC1.